The van der Waals surface area contributed by atoms with Gasteiger partial charge in [-0.3, -0.25) is 4.57 Å². The lowest BCUT2D eigenvalue weighted by molar-refractivity contribution is 0.567. The molecule has 0 aliphatic carbocycles. The number of halogens is 3. The summed E-state index contributed by atoms with van der Waals surface area (Å²) < 4.78 is 29.6. The molecule has 0 bridgehead atoms. The number of pyridine rings is 1. The number of hydrogen-bond acceptors (Lipinski definition) is 2. The molecule has 0 saturated heterocycles. The van der Waals surface area contributed by atoms with Crippen LogP contribution in [0.4, 0.5) is 8.78 Å². The van der Waals surface area contributed by atoms with E-state index in [1.807, 2.05) is 13.0 Å². The molecule has 0 amide bonds. The van der Waals surface area contributed by atoms with E-state index in [0.717, 1.165) is 5.69 Å². The Morgan fingerprint density at radius 3 is 2.48 bits per heavy atom. The number of fused-ring (bicyclic) bond motifs is 1. The third-order valence-corrected chi connectivity index (χ3v) is 3.38. The maximum atomic E-state index is 14.1. The number of aryl methyl sites for hydroxylation is 2. The van der Waals surface area contributed by atoms with Gasteiger partial charge in [0.25, 0.3) is 0 Å². The van der Waals surface area contributed by atoms with Gasteiger partial charge in [0.2, 0.25) is 0 Å². The predicted octanol–water partition coefficient (Wildman–Crippen LogP) is 3.79. The van der Waals surface area contributed by atoms with Gasteiger partial charge < -0.3 is 0 Å². The van der Waals surface area contributed by atoms with Crippen molar-refractivity contribution in [1.82, 2.24) is 14.5 Å². The first kappa shape index (κ1) is 13.9. The van der Waals surface area contributed by atoms with Crippen LogP contribution in [-0.2, 0) is 6.42 Å². The van der Waals surface area contributed by atoms with Crippen LogP contribution < -0.4 is 0 Å². The molecule has 2 heterocycles. The number of imidazole rings is 1. The number of para-hydroxylation sites is 1. The lowest BCUT2D eigenvalue weighted by Crippen LogP contribution is -2.07. The summed E-state index contributed by atoms with van der Waals surface area (Å²) in [6, 6.07) is 7.34. The molecule has 0 N–H and O–H groups in total. The first-order valence-corrected chi connectivity index (χ1v) is 7.00. The number of benzene rings is 1. The van der Waals surface area contributed by atoms with Crippen LogP contribution in [0.15, 0.2) is 30.3 Å². The van der Waals surface area contributed by atoms with Crippen LogP contribution in [0.25, 0.3) is 16.9 Å². The molecule has 0 aliphatic rings. The van der Waals surface area contributed by atoms with Crippen molar-refractivity contribution in [2.75, 3.05) is 5.88 Å². The van der Waals surface area contributed by atoms with E-state index >= 15 is 0 Å². The summed E-state index contributed by atoms with van der Waals surface area (Å²) in [5.74, 6) is -0.526. The van der Waals surface area contributed by atoms with Crippen LogP contribution >= 0.6 is 11.6 Å². The zero-order chi connectivity index (χ0) is 15.0. The van der Waals surface area contributed by atoms with Gasteiger partial charge in [0.1, 0.15) is 28.7 Å². The first-order valence-electron chi connectivity index (χ1n) is 6.47. The normalized spacial score (nSPS) is 11.2. The standard InChI is InChI=1S/C15H12ClF2N3/c1-9-5-6-12-15(19-9)21(13(20-12)7-8-16)14-10(17)3-2-4-11(14)18/h2-6H,7-8H2,1H3. The highest BCUT2D eigenvalue weighted by atomic mass is 35.5. The van der Waals surface area contributed by atoms with Gasteiger partial charge in [0, 0.05) is 18.0 Å². The molecule has 108 valence electrons. The lowest BCUT2D eigenvalue weighted by atomic mass is 10.2. The van der Waals surface area contributed by atoms with Crippen molar-refractivity contribution in [2.45, 2.75) is 13.3 Å². The molecule has 0 aliphatic heterocycles. The summed E-state index contributed by atoms with van der Waals surface area (Å²) in [6.45, 7) is 1.82. The fraction of sp³-hybridized carbons (Fsp3) is 0.200. The van der Waals surface area contributed by atoms with Crippen LogP contribution in [0.3, 0.4) is 0 Å². The fourth-order valence-electron chi connectivity index (χ4n) is 2.29. The second-order valence-corrected chi connectivity index (χ2v) is 5.05. The molecular formula is C15H12ClF2N3. The van der Waals surface area contributed by atoms with Crippen LogP contribution in [0.1, 0.15) is 11.5 Å². The van der Waals surface area contributed by atoms with E-state index in [0.29, 0.717) is 29.3 Å². The Bertz CT molecular complexity index is 794. The Hall–Kier alpha value is -2.01. The Kier molecular flexibility index (Phi) is 3.59. The predicted molar refractivity (Wildman–Crippen MR) is 77.9 cm³/mol. The fourth-order valence-corrected chi connectivity index (χ4v) is 2.46. The average molecular weight is 308 g/mol. The van der Waals surface area contributed by atoms with Crippen LogP contribution in [0.2, 0.25) is 0 Å². The zero-order valence-corrected chi connectivity index (χ0v) is 12.0. The van der Waals surface area contributed by atoms with Crippen molar-refractivity contribution < 1.29 is 8.78 Å². The van der Waals surface area contributed by atoms with E-state index in [1.165, 1.54) is 22.8 Å². The maximum absolute atomic E-state index is 14.1. The molecule has 0 saturated carbocycles. The zero-order valence-electron chi connectivity index (χ0n) is 11.3. The molecule has 0 spiro atoms. The minimum atomic E-state index is -0.659. The number of hydrogen-bond donors (Lipinski definition) is 0. The lowest BCUT2D eigenvalue weighted by Gasteiger charge is -2.10. The SMILES string of the molecule is Cc1ccc2nc(CCCl)n(-c3c(F)cccc3F)c2n1. The van der Waals surface area contributed by atoms with E-state index < -0.39 is 11.6 Å². The van der Waals surface area contributed by atoms with Crippen molar-refractivity contribution in [3.8, 4) is 5.69 Å². The molecular weight excluding hydrogens is 296 g/mol. The smallest absolute Gasteiger partial charge is 0.165 e. The monoisotopic (exact) mass is 307 g/mol. The largest absolute Gasteiger partial charge is 0.275 e. The van der Waals surface area contributed by atoms with Gasteiger partial charge in [-0.2, -0.15) is 0 Å². The van der Waals surface area contributed by atoms with Crippen molar-refractivity contribution in [1.29, 1.82) is 0 Å². The minimum Gasteiger partial charge on any atom is -0.275 e. The van der Waals surface area contributed by atoms with Gasteiger partial charge in [0.05, 0.1) is 0 Å². The Balaban J connectivity index is 2.38. The van der Waals surface area contributed by atoms with E-state index in [-0.39, 0.29) is 5.69 Å². The summed E-state index contributed by atoms with van der Waals surface area (Å²) in [4.78, 5) is 8.75. The Morgan fingerprint density at radius 2 is 1.81 bits per heavy atom. The van der Waals surface area contributed by atoms with Crippen molar-refractivity contribution >= 4 is 22.8 Å². The van der Waals surface area contributed by atoms with E-state index in [9.17, 15) is 8.78 Å². The maximum Gasteiger partial charge on any atom is 0.165 e. The molecule has 3 rings (SSSR count). The highest BCUT2D eigenvalue weighted by Gasteiger charge is 2.19. The second kappa shape index (κ2) is 5.41. The number of alkyl halides is 1. The van der Waals surface area contributed by atoms with Crippen LogP contribution in [-0.4, -0.2) is 20.4 Å². The molecule has 0 unspecified atom stereocenters. The quantitative estimate of drug-likeness (QED) is 0.689. The van der Waals surface area contributed by atoms with Gasteiger partial charge in [0.15, 0.2) is 5.65 Å². The highest BCUT2D eigenvalue weighted by molar-refractivity contribution is 6.17. The van der Waals surface area contributed by atoms with Gasteiger partial charge in [-0.25, -0.2) is 18.7 Å². The topological polar surface area (TPSA) is 30.7 Å². The average Bonchev–Trinajstić information content (AvgIpc) is 2.77. The first-order chi connectivity index (χ1) is 10.1. The Labute approximate surface area is 125 Å². The minimum absolute atomic E-state index is 0.168. The van der Waals surface area contributed by atoms with Gasteiger partial charge in [-0.15, -0.1) is 11.6 Å². The van der Waals surface area contributed by atoms with Crippen LogP contribution in [0, 0.1) is 18.6 Å². The Morgan fingerprint density at radius 1 is 1.10 bits per heavy atom. The third-order valence-electron chi connectivity index (χ3n) is 3.19. The van der Waals surface area contributed by atoms with E-state index in [2.05, 4.69) is 9.97 Å². The second-order valence-electron chi connectivity index (χ2n) is 4.67. The summed E-state index contributed by atoms with van der Waals surface area (Å²) in [6.07, 6.45) is 0.394. The summed E-state index contributed by atoms with van der Waals surface area (Å²) in [7, 11) is 0. The summed E-state index contributed by atoms with van der Waals surface area (Å²) in [5.41, 5.74) is 1.60. The van der Waals surface area contributed by atoms with Gasteiger partial charge in [-0.05, 0) is 31.2 Å². The molecule has 3 nitrogen and oxygen atoms in total. The third kappa shape index (κ3) is 2.38. The number of aromatic nitrogens is 3. The highest BCUT2D eigenvalue weighted by Crippen LogP contribution is 2.25. The molecule has 0 atom stereocenters. The van der Waals surface area contributed by atoms with Gasteiger partial charge in [-0.1, -0.05) is 6.07 Å². The molecule has 2 aromatic heterocycles. The van der Waals surface area contributed by atoms with E-state index in [4.69, 9.17) is 11.6 Å². The van der Waals surface area contributed by atoms with Gasteiger partial charge >= 0.3 is 0 Å². The number of nitrogens with zero attached hydrogens (tertiary/aromatic N) is 3. The molecule has 21 heavy (non-hydrogen) atoms. The molecule has 3 aromatic rings. The molecule has 0 fully saturated rings. The van der Waals surface area contributed by atoms with Crippen molar-refractivity contribution in [2.24, 2.45) is 0 Å². The summed E-state index contributed by atoms with van der Waals surface area (Å²) >= 11 is 5.77. The summed E-state index contributed by atoms with van der Waals surface area (Å²) in [5, 5.41) is 0. The van der Waals surface area contributed by atoms with Crippen molar-refractivity contribution in [3.05, 3.63) is 53.5 Å². The molecule has 6 heteroatoms. The van der Waals surface area contributed by atoms with E-state index in [1.54, 1.807) is 6.07 Å². The van der Waals surface area contributed by atoms with Crippen LogP contribution in [0.5, 0.6) is 0 Å². The number of rotatable bonds is 3. The molecule has 1 aromatic carbocycles. The molecule has 0 radical (unpaired) electrons. The van der Waals surface area contributed by atoms with Crippen molar-refractivity contribution in [3.63, 3.8) is 0 Å².